The Balaban J connectivity index is 3.10. The fourth-order valence-electron chi connectivity index (χ4n) is 2.04. The quantitative estimate of drug-likeness (QED) is 0.835. The molecule has 0 bridgehead atoms. The van der Waals surface area contributed by atoms with Crippen LogP contribution < -0.4 is 5.32 Å². The minimum Gasteiger partial charge on any atom is -0.318 e. The summed E-state index contributed by atoms with van der Waals surface area (Å²) in [7, 11) is 0. The highest BCUT2D eigenvalue weighted by molar-refractivity contribution is 5.95. The van der Waals surface area contributed by atoms with Crippen LogP contribution >= 0.6 is 0 Å². The maximum atomic E-state index is 12.2. The second kappa shape index (κ2) is 6.54. The SMILES string of the molecule is CCC(CC)c1cc(NC(=O)C(F)(F)F)ccc1C=O. The van der Waals surface area contributed by atoms with Crippen LogP contribution in [0.25, 0.3) is 0 Å². The zero-order valence-corrected chi connectivity index (χ0v) is 11.3. The number of amides is 1. The van der Waals surface area contributed by atoms with Crippen LogP contribution in [0.3, 0.4) is 0 Å². The van der Waals surface area contributed by atoms with E-state index < -0.39 is 12.1 Å². The van der Waals surface area contributed by atoms with Crippen LogP contribution in [0, 0.1) is 0 Å². The van der Waals surface area contributed by atoms with Gasteiger partial charge >= 0.3 is 12.1 Å². The predicted octanol–water partition coefficient (Wildman–Crippen LogP) is 3.90. The largest absolute Gasteiger partial charge is 0.471 e. The van der Waals surface area contributed by atoms with Gasteiger partial charge in [-0.3, -0.25) is 9.59 Å². The van der Waals surface area contributed by atoms with Gasteiger partial charge in [0.25, 0.3) is 0 Å². The zero-order valence-electron chi connectivity index (χ0n) is 11.3. The van der Waals surface area contributed by atoms with Crippen LogP contribution in [0.4, 0.5) is 18.9 Å². The summed E-state index contributed by atoms with van der Waals surface area (Å²) in [5, 5.41) is 1.80. The van der Waals surface area contributed by atoms with Crippen LogP contribution in [0.1, 0.15) is 48.5 Å². The molecule has 1 aromatic carbocycles. The van der Waals surface area contributed by atoms with Gasteiger partial charge in [-0.05, 0) is 42.5 Å². The third-order valence-corrected chi connectivity index (χ3v) is 3.15. The topological polar surface area (TPSA) is 46.2 Å². The summed E-state index contributed by atoms with van der Waals surface area (Å²) >= 11 is 0. The number of hydrogen-bond donors (Lipinski definition) is 1. The average Bonchev–Trinajstić information content (AvgIpc) is 2.39. The number of rotatable bonds is 5. The highest BCUT2D eigenvalue weighted by Gasteiger charge is 2.38. The Morgan fingerprint density at radius 1 is 1.30 bits per heavy atom. The first kappa shape index (κ1) is 16.2. The minimum absolute atomic E-state index is 0.0415. The first-order valence-corrected chi connectivity index (χ1v) is 6.30. The molecule has 0 spiro atoms. The number of aldehydes is 1. The van der Waals surface area contributed by atoms with E-state index in [0.717, 1.165) is 12.8 Å². The number of anilines is 1. The van der Waals surface area contributed by atoms with Gasteiger partial charge in [-0.25, -0.2) is 0 Å². The number of halogens is 3. The van der Waals surface area contributed by atoms with E-state index in [1.807, 2.05) is 13.8 Å². The van der Waals surface area contributed by atoms with E-state index in [9.17, 15) is 22.8 Å². The van der Waals surface area contributed by atoms with Crippen molar-refractivity contribution in [2.75, 3.05) is 5.32 Å². The van der Waals surface area contributed by atoms with Crippen molar-refractivity contribution in [3.8, 4) is 0 Å². The number of nitrogens with one attached hydrogen (secondary N) is 1. The van der Waals surface area contributed by atoms with Crippen molar-refractivity contribution in [3.05, 3.63) is 29.3 Å². The van der Waals surface area contributed by atoms with Crippen LogP contribution in [0.5, 0.6) is 0 Å². The van der Waals surface area contributed by atoms with Crippen molar-refractivity contribution in [1.82, 2.24) is 0 Å². The van der Waals surface area contributed by atoms with Gasteiger partial charge in [-0.2, -0.15) is 13.2 Å². The number of benzene rings is 1. The standard InChI is InChI=1S/C14H16F3NO2/c1-3-9(4-2)12-7-11(6-5-10(12)8-19)18-13(20)14(15,16)17/h5-9H,3-4H2,1-2H3,(H,18,20). The molecule has 0 heterocycles. The molecule has 0 aliphatic heterocycles. The van der Waals surface area contributed by atoms with Crippen LogP contribution in [0.2, 0.25) is 0 Å². The molecule has 110 valence electrons. The molecule has 0 saturated heterocycles. The van der Waals surface area contributed by atoms with Crippen molar-refractivity contribution in [2.45, 2.75) is 38.8 Å². The minimum atomic E-state index is -4.93. The number of carbonyl (C=O) groups excluding carboxylic acids is 2. The summed E-state index contributed by atoms with van der Waals surface area (Å²) in [6.07, 6.45) is -2.75. The summed E-state index contributed by atoms with van der Waals surface area (Å²) in [4.78, 5) is 21.9. The van der Waals surface area contributed by atoms with Crippen molar-refractivity contribution >= 4 is 17.9 Å². The normalized spacial score (nSPS) is 11.5. The molecule has 0 radical (unpaired) electrons. The lowest BCUT2D eigenvalue weighted by atomic mass is 9.90. The van der Waals surface area contributed by atoms with Gasteiger partial charge < -0.3 is 5.32 Å². The van der Waals surface area contributed by atoms with Gasteiger partial charge in [0, 0.05) is 11.3 Å². The van der Waals surface area contributed by atoms with E-state index in [4.69, 9.17) is 0 Å². The molecule has 0 aliphatic carbocycles. The van der Waals surface area contributed by atoms with Crippen molar-refractivity contribution in [2.24, 2.45) is 0 Å². The third-order valence-electron chi connectivity index (χ3n) is 3.15. The molecule has 1 aromatic rings. The Hall–Kier alpha value is -1.85. The molecular formula is C14H16F3NO2. The van der Waals surface area contributed by atoms with Crippen molar-refractivity contribution in [1.29, 1.82) is 0 Å². The molecule has 3 nitrogen and oxygen atoms in total. The summed E-state index contributed by atoms with van der Waals surface area (Å²) in [5.74, 6) is -1.95. The maximum absolute atomic E-state index is 12.2. The summed E-state index contributed by atoms with van der Waals surface area (Å²) in [5.41, 5.74) is 1.13. The molecule has 20 heavy (non-hydrogen) atoms. The number of carbonyl (C=O) groups is 2. The Morgan fingerprint density at radius 3 is 2.35 bits per heavy atom. The van der Waals surface area contributed by atoms with Gasteiger partial charge in [0.2, 0.25) is 0 Å². The van der Waals surface area contributed by atoms with Crippen LogP contribution in [0.15, 0.2) is 18.2 Å². The van der Waals surface area contributed by atoms with E-state index in [0.29, 0.717) is 17.4 Å². The van der Waals surface area contributed by atoms with Gasteiger partial charge in [0.15, 0.2) is 0 Å². The van der Waals surface area contributed by atoms with E-state index in [1.165, 1.54) is 18.2 Å². The lowest BCUT2D eigenvalue weighted by Crippen LogP contribution is -2.30. The molecule has 0 aliphatic rings. The second-order valence-electron chi connectivity index (χ2n) is 4.43. The summed E-state index contributed by atoms with van der Waals surface area (Å²) in [6.45, 7) is 3.87. The first-order chi connectivity index (χ1) is 9.33. The molecule has 0 fully saturated rings. The maximum Gasteiger partial charge on any atom is 0.471 e. The van der Waals surface area contributed by atoms with Gasteiger partial charge in [0.1, 0.15) is 6.29 Å². The summed E-state index contributed by atoms with van der Waals surface area (Å²) < 4.78 is 36.6. The lowest BCUT2D eigenvalue weighted by molar-refractivity contribution is -0.167. The van der Waals surface area contributed by atoms with Gasteiger partial charge in [0.05, 0.1) is 0 Å². The van der Waals surface area contributed by atoms with Crippen molar-refractivity contribution in [3.63, 3.8) is 0 Å². The molecule has 0 atom stereocenters. The van der Waals surface area contributed by atoms with Crippen LogP contribution in [-0.2, 0) is 4.79 Å². The molecule has 1 amide bonds. The smallest absolute Gasteiger partial charge is 0.318 e. The highest BCUT2D eigenvalue weighted by Crippen LogP contribution is 2.29. The van der Waals surface area contributed by atoms with E-state index >= 15 is 0 Å². The fraction of sp³-hybridized carbons (Fsp3) is 0.429. The van der Waals surface area contributed by atoms with E-state index in [2.05, 4.69) is 0 Å². The monoisotopic (exact) mass is 287 g/mol. The fourth-order valence-corrected chi connectivity index (χ4v) is 2.04. The van der Waals surface area contributed by atoms with E-state index in [-0.39, 0.29) is 11.6 Å². The molecule has 1 rings (SSSR count). The Labute approximate surface area is 115 Å². The zero-order chi connectivity index (χ0) is 15.3. The molecular weight excluding hydrogens is 271 g/mol. The summed E-state index contributed by atoms with van der Waals surface area (Å²) in [6, 6.07) is 4.15. The first-order valence-electron chi connectivity index (χ1n) is 6.30. The average molecular weight is 287 g/mol. The van der Waals surface area contributed by atoms with Gasteiger partial charge in [-0.15, -0.1) is 0 Å². The van der Waals surface area contributed by atoms with Crippen LogP contribution in [-0.4, -0.2) is 18.4 Å². The second-order valence-corrected chi connectivity index (χ2v) is 4.43. The number of hydrogen-bond acceptors (Lipinski definition) is 2. The highest BCUT2D eigenvalue weighted by atomic mass is 19.4. The molecule has 0 unspecified atom stereocenters. The Bertz CT molecular complexity index is 494. The molecule has 1 N–H and O–H groups in total. The predicted molar refractivity (Wildman–Crippen MR) is 69.8 cm³/mol. The van der Waals surface area contributed by atoms with Gasteiger partial charge in [-0.1, -0.05) is 13.8 Å². The van der Waals surface area contributed by atoms with E-state index in [1.54, 1.807) is 5.32 Å². The molecule has 0 saturated carbocycles. The number of alkyl halides is 3. The third kappa shape index (κ3) is 3.82. The van der Waals surface area contributed by atoms with Crippen molar-refractivity contribution < 1.29 is 22.8 Å². The lowest BCUT2D eigenvalue weighted by Gasteiger charge is -2.17. The Kier molecular flexibility index (Phi) is 5.30. The molecule has 0 aromatic heterocycles. The molecule has 6 heteroatoms. The Morgan fingerprint density at radius 2 is 1.90 bits per heavy atom.